The van der Waals surface area contributed by atoms with E-state index in [9.17, 15) is 0 Å². The fourth-order valence-corrected chi connectivity index (χ4v) is 3.96. The molecule has 0 bridgehead atoms. The first kappa shape index (κ1) is 22.4. The second kappa shape index (κ2) is 11.8. The Labute approximate surface area is 188 Å². The average molecular weight is 417 g/mol. The van der Waals surface area contributed by atoms with Gasteiger partial charge in [-0.1, -0.05) is 78.9 Å². The van der Waals surface area contributed by atoms with Gasteiger partial charge in [0.25, 0.3) is 0 Å². The molecular formula is C28H36N2O. The first-order valence-electron chi connectivity index (χ1n) is 10.9. The first-order chi connectivity index (χ1) is 14.9. The minimum absolute atomic E-state index is 0. The number of aryl methyl sites for hydroxylation is 1. The van der Waals surface area contributed by atoms with Crippen LogP contribution in [0, 0.1) is 0 Å². The molecule has 0 radical (unpaired) electrons. The maximum absolute atomic E-state index is 3.36. The molecule has 0 atom stereocenters. The highest BCUT2D eigenvalue weighted by molar-refractivity contribution is 5.55. The molecule has 1 aliphatic carbocycles. The second-order valence-corrected chi connectivity index (χ2v) is 7.74. The number of benzene rings is 3. The Balaban J connectivity index is 0.000000237. The average Bonchev–Trinajstić information content (AvgIpc) is 2.85. The van der Waals surface area contributed by atoms with Crippen LogP contribution >= 0.6 is 0 Å². The van der Waals surface area contributed by atoms with E-state index in [2.05, 4.69) is 95.6 Å². The van der Waals surface area contributed by atoms with Crippen molar-refractivity contribution in [3.8, 4) is 0 Å². The molecule has 3 heteroatoms. The van der Waals surface area contributed by atoms with Crippen molar-refractivity contribution < 1.29 is 8.33 Å². The minimum Gasteiger partial charge on any atom is -0.412 e. The summed E-state index contributed by atoms with van der Waals surface area (Å²) in [5.74, 6) is 0. The Kier molecular flexibility index (Phi) is 8.50. The van der Waals surface area contributed by atoms with E-state index in [1.807, 2.05) is 12.3 Å². The van der Waals surface area contributed by atoms with Crippen LogP contribution in [-0.4, -0.2) is 12.0 Å². The molecule has 6 rings (SSSR count). The smallest absolute Gasteiger partial charge is 0.0415 e. The fraction of sp³-hybridized carbons (Fsp3) is 0.214. The second-order valence-electron chi connectivity index (χ2n) is 7.74. The van der Waals surface area contributed by atoms with E-state index in [0.717, 1.165) is 25.8 Å². The molecule has 0 unspecified atom stereocenters. The summed E-state index contributed by atoms with van der Waals surface area (Å²) in [6.07, 6.45) is 14.4. The van der Waals surface area contributed by atoms with E-state index >= 15 is 0 Å². The molecule has 164 valence electrons. The van der Waals surface area contributed by atoms with Crippen molar-refractivity contribution in [1.29, 1.82) is 0 Å². The van der Waals surface area contributed by atoms with E-state index < -0.39 is 0 Å². The SMILES string of the molecule is C1=CCc2ccccc2C1.C1=CNc2ccccc2C1.O.[HH].[HH].c1ccc2c(c1)CCCN2. The van der Waals surface area contributed by atoms with Gasteiger partial charge in [-0.2, -0.15) is 0 Å². The van der Waals surface area contributed by atoms with Crippen molar-refractivity contribution in [2.45, 2.75) is 32.1 Å². The van der Waals surface area contributed by atoms with E-state index in [0.29, 0.717) is 0 Å². The summed E-state index contributed by atoms with van der Waals surface area (Å²) in [5, 5.41) is 6.54. The molecule has 0 aromatic heterocycles. The van der Waals surface area contributed by atoms with Crippen molar-refractivity contribution in [3.05, 3.63) is 119 Å². The molecule has 0 saturated carbocycles. The summed E-state index contributed by atoms with van der Waals surface area (Å²) < 4.78 is 0. The highest BCUT2D eigenvalue weighted by Crippen LogP contribution is 2.20. The predicted molar refractivity (Wildman–Crippen MR) is 137 cm³/mol. The normalized spacial score (nSPS) is 14.3. The third-order valence-corrected chi connectivity index (χ3v) is 5.63. The van der Waals surface area contributed by atoms with Gasteiger partial charge in [0.1, 0.15) is 0 Å². The highest BCUT2D eigenvalue weighted by atomic mass is 16.0. The zero-order valence-corrected chi connectivity index (χ0v) is 18.0. The number of nitrogens with one attached hydrogen (secondary N) is 2. The van der Waals surface area contributed by atoms with Gasteiger partial charge in [0, 0.05) is 20.8 Å². The zero-order valence-electron chi connectivity index (χ0n) is 18.0. The summed E-state index contributed by atoms with van der Waals surface area (Å²) in [6, 6.07) is 25.5. The number of para-hydroxylation sites is 2. The van der Waals surface area contributed by atoms with Crippen LogP contribution in [-0.2, 0) is 25.7 Å². The highest BCUT2D eigenvalue weighted by Gasteiger charge is 2.05. The van der Waals surface area contributed by atoms with Crippen LogP contribution in [0.25, 0.3) is 0 Å². The molecule has 3 aromatic carbocycles. The molecule has 0 saturated heterocycles. The maximum atomic E-state index is 3.36. The summed E-state index contributed by atoms with van der Waals surface area (Å²) in [7, 11) is 0. The molecule has 3 aliphatic rings. The van der Waals surface area contributed by atoms with E-state index in [-0.39, 0.29) is 8.33 Å². The van der Waals surface area contributed by atoms with E-state index in [1.54, 1.807) is 0 Å². The molecule has 0 fully saturated rings. The molecule has 4 N–H and O–H groups in total. The van der Waals surface area contributed by atoms with Gasteiger partial charge in [-0.3, -0.25) is 0 Å². The standard InChI is InChI=1S/C10H10.C9H11N.C9H9N.H2O.2H2/c1-2-6-10-8-4-3-7-9(10)5-1;2*1-2-6-9-8(4-1)5-3-7-10-9;;;/h1-6H,7-8H2;1-2,4,6,10H,3,5,7H2;1-4,6-7,10H,5H2;1H2;2*1H. The van der Waals surface area contributed by atoms with E-state index in [1.165, 1.54) is 46.5 Å². The summed E-state index contributed by atoms with van der Waals surface area (Å²) >= 11 is 0. The fourth-order valence-electron chi connectivity index (χ4n) is 3.96. The Morgan fingerprint density at radius 2 is 1.13 bits per heavy atom. The predicted octanol–water partition coefficient (Wildman–Crippen LogP) is 6.22. The summed E-state index contributed by atoms with van der Waals surface area (Å²) in [6.45, 7) is 1.14. The third kappa shape index (κ3) is 6.34. The van der Waals surface area contributed by atoms with Crippen molar-refractivity contribution in [3.63, 3.8) is 0 Å². The molecule has 3 aromatic rings. The number of hydrogen-bond acceptors (Lipinski definition) is 2. The monoisotopic (exact) mass is 416 g/mol. The van der Waals surface area contributed by atoms with Gasteiger partial charge < -0.3 is 16.1 Å². The molecule has 2 heterocycles. The Bertz CT molecular complexity index is 897. The van der Waals surface area contributed by atoms with Gasteiger partial charge in [-0.15, -0.1) is 0 Å². The van der Waals surface area contributed by atoms with Crippen molar-refractivity contribution >= 4 is 11.4 Å². The minimum atomic E-state index is 0. The lowest BCUT2D eigenvalue weighted by atomic mass is 9.97. The quantitative estimate of drug-likeness (QED) is 0.427. The number of fused-ring (bicyclic) bond motifs is 3. The molecule has 31 heavy (non-hydrogen) atoms. The van der Waals surface area contributed by atoms with Gasteiger partial charge in [-0.05, 0) is 72.7 Å². The lowest BCUT2D eigenvalue weighted by Gasteiger charge is -2.16. The summed E-state index contributed by atoms with van der Waals surface area (Å²) in [4.78, 5) is 0. The lowest BCUT2D eigenvalue weighted by Crippen LogP contribution is -2.10. The maximum Gasteiger partial charge on any atom is 0.0415 e. The Morgan fingerprint density at radius 1 is 0.581 bits per heavy atom. The zero-order chi connectivity index (χ0) is 20.4. The largest absolute Gasteiger partial charge is 0.412 e. The third-order valence-electron chi connectivity index (χ3n) is 5.63. The number of anilines is 2. The van der Waals surface area contributed by atoms with Gasteiger partial charge in [-0.25, -0.2) is 0 Å². The molecule has 3 nitrogen and oxygen atoms in total. The Hall–Kier alpha value is -3.30. The van der Waals surface area contributed by atoms with Crippen LogP contribution in [0.2, 0.25) is 0 Å². The van der Waals surface area contributed by atoms with Crippen LogP contribution in [0.1, 0.15) is 31.5 Å². The number of allylic oxidation sites excluding steroid dienone is 3. The van der Waals surface area contributed by atoms with Crippen LogP contribution in [0.4, 0.5) is 11.4 Å². The van der Waals surface area contributed by atoms with Crippen molar-refractivity contribution in [2.75, 3.05) is 17.2 Å². The van der Waals surface area contributed by atoms with Crippen LogP contribution in [0.15, 0.2) is 97.2 Å². The van der Waals surface area contributed by atoms with Gasteiger partial charge in [0.2, 0.25) is 0 Å². The summed E-state index contributed by atoms with van der Waals surface area (Å²) in [5.41, 5.74) is 8.40. The molecular weight excluding hydrogens is 380 g/mol. The topological polar surface area (TPSA) is 55.6 Å². The van der Waals surface area contributed by atoms with Gasteiger partial charge in [0.15, 0.2) is 0 Å². The molecule has 0 spiro atoms. The van der Waals surface area contributed by atoms with Gasteiger partial charge in [0.05, 0.1) is 0 Å². The van der Waals surface area contributed by atoms with Crippen LogP contribution in [0.5, 0.6) is 0 Å². The Morgan fingerprint density at radius 3 is 1.77 bits per heavy atom. The van der Waals surface area contributed by atoms with E-state index in [4.69, 9.17) is 0 Å². The molecule has 0 amide bonds. The first-order valence-corrected chi connectivity index (χ1v) is 10.9. The number of rotatable bonds is 0. The van der Waals surface area contributed by atoms with Gasteiger partial charge >= 0.3 is 0 Å². The van der Waals surface area contributed by atoms with Crippen LogP contribution < -0.4 is 10.6 Å². The molecule has 2 aliphatic heterocycles. The number of hydrogen-bond donors (Lipinski definition) is 2. The van der Waals surface area contributed by atoms with Crippen LogP contribution in [0.3, 0.4) is 0 Å². The lowest BCUT2D eigenvalue weighted by molar-refractivity contribution is 0.824. The van der Waals surface area contributed by atoms with Crippen molar-refractivity contribution in [1.82, 2.24) is 0 Å². The van der Waals surface area contributed by atoms with Crippen molar-refractivity contribution in [2.24, 2.45) is 0 Å².